The van der Waals surface area contributed by atoms with Crippen molar-refractivity contribution in [1.29, 1.82) is 0 Å². The highest BCUT2D eigenvalue weighted by Crippen LogP contribution is 2.23. The minimum absolute atomic E-state index is 0.917. The van der Waals surface area contributed by atoms with Crippen molar-refractivity contribution in [3.05, 3.63) is 28.2 Å². The first-order valence-corrected chi connectivity index (χ1v) is 8.15. The number of alkyl halides is 1. The molecule has 2 nitrogen and oxygen atoms in total. The fourth-order valence-electron chi connectivity index (χ4n) is 1.82. The minimum atomic E-state index is 0.917. The highest BCUT2D eigenvalue weighted by Gasteiger charge is 2.05. The van der Waals surface area contributed by atoms with Crippen LogP contribution in [0.3, 0.4) is 0 Å². The summed E-state index contributed by atoms with van der Waals surface area (Å²) in [6, 6.07) is 6.12. The molecule has 1 rings (SSSR count). The van der Waals surface area contributed by atoms with Gasteiger partial charge in [0.05, 0.1) is 7.11 Å². The van der Waals surface area contributed by atoms with Crippen molar-refractivity contribution >= 4 is 31.9 Å². The Morgan fingerprint density at radius 1 is 1.22 bits per heavy atom. The number of unbranched alkanes of at least 4 members (excludes halogenated alkanes) is 2. The third-order valence-electron chi connectivity index (χ3n) is 2.87. The summed E-state index contributed by atoms with van der Waals surface area (Å²) in [7, 11) is 3.87. The van der Waals surface area contributed by atoms with Crippen molar-refractivity contribution in [2.75, 3.05) is 26.0 Å². The quantitative estimate of drug-likeness (QED) is 0.489. The zero-order valence-corrected chi connectivity index (χ0v) is 14.3. The standard InChI is InChI=1S/C14H21Br2NO/c1-17(9-5-3-4-8-15)11-12-10-13(18-2)6-7-14(12)16/h6-7,10H,3-5,8-9,11H2,1-2H3. The SMILES string of the molecule is COc1ccc(Br)c(CN(C)CCCCCBr)c1. The normalized spacial score (nSPS) is 10.9. The maximum atomic E-state index is 5.26. The summed E-state index contributed by atoms with van der Waals surface area (Å²) >= 11 is 7.05. The van der Waals surface area contributed by atoms with Gasteiger partial charge in [-0.25, -0.2) is 0 Å². The van der Waals surface area contributed by atoms with E-state index in [-0.39, 0.29) is 0 Å². The zero-order chi connectivity index (χ0) is 13.4. The van der Waals surface area contributed by atoms with Crippen LogP contribution in [0.1, 0.15) is 24.8 Å². The van der Waals surface area contributed by atoms with Crippen molar-refractivity contribution in [2.24, 2.45) is 0 Å². The molecule has 4 heteroatoms. The minimum Gasteiger partial charge on any atom is -0.497 e. The summed E-state index contributed by atoms with van der Waals surface area (Å²) in [5, 5.41) is 1.11. The Labute approximate surface area is 127 Å². The molecule has 0 aliphatic heterocycles. The average molecular weight is 379 g/mol. The molecule has 0 atom stereocenters. The van der Waals surface area contributed by atoms with Crippen molar-refractivity contribution in [2.45, 2.75) is 25.8 Å². The van der Waals surface area contributed by atoms with Crippen LogP contribution in [0.5, 0.6) is 5.75 Å². The third kappa shape index (κ3) is 5.72. The second kappa shape index (κ2) is 8.94. The molecule has 0 unspecified atom stereocenters. The van der Waals surface area contributed by atoms with Crippen molar-refractivity contribution in [1.82, 2.24) is 4.90 Å². The van der Waals surface area contributed by atoms with Crippen LogP contribution in [-0.2, 0) is 6.54 Å². The third-order valence-corrected chi connectivity index (χ3v) is 4.20. The predicted octanol–water partition coefficient (Wildman–Crippen LogP) is 4.45. The van der Waals surface area contributed by atoms with Gasteiger partial charge in [0.2, 0.25) is 0 Å². The topological polar surface area (TPSA) is 12.5 Å². The van der Waals surface area contributed by atoms with E-state index in [1.165, 1.54) is 24.8 Å². The van der Waals surface area contributed by atoms with Gasteiger partial charge < -0.3 is 9.64 Å². The van der Waals surface area contributed by atoms with E-state index in [0.717, 1.165) is 28.6 Å². The first kappa shape index (κ1) is 16.0. The Bertz CT molecular complexity index is 358. The van der Waals surface area contributed by atoms with Gasteiger partial charge in [-0.05, 0) is 50.2 Å². The molecule has 0 spiro atoms. The molecule has 0 saturated carbocycles. The van der Waals surface area contributed by atoms with Crippen LogP contribution in [0.15, 0.2) is 22.7 Å². The smallest absolute Gasteiger partial charge is 0.119 e. The predicted molar refractivity (Wildman–Crippen MR) is 84.7 cm³/mol. The molecule has 0 radical (unpaired) electrons. The maximum Gasteiger partial charge on any atom is 0.119 e. The molecule has 102 valence electrons. The molecular weight excluding hydrogens is 358 g/mol. The lowest BCUT2D eigenvalue weighted by molar-refractivity contribution is 0.317. The van der Waals surface area contributed by atoms with E-state index in [2.05, 4.69) is 49.9 Å². The van der Waals surface area contributed by atoms with Gasteiger partial charge >= 0.3 is 0 Å². The highest BCUT2D eigenvalue weighted by atomic mass is 79.9. The second-order valence-electron chi connectivity index (χ2n) is 4.44. The fraction of sp³-hybridized carbons (Fsp3) is 0.571. The fourth-order valence-corrected chi connectivity index (χ4v) is 2.59. The Kier molecular flexibility index (Phi) is 7.95. The molecule has 1 aromatic carbocycles. The van der Waals surface area contributed by atoms with Crippen molar-refractivity contribution < 1.29 is 4.74 Å². The Morgan fingerprint density at radius 3 is 2.67 bits per heavy atom. The molecule has 0 bridgehead atoms. The van der Waals surface area contributed by atoms with E-state index in [0.29, 0.717) is 0 Å². The summed E-state index contributed by atoms with van der Waals surface area (Å²) in [4.78, 5) is 2.35. The monoisotopic (exact) mass is 377 g/mol. The van der Waals surface area contributed by atoms with Gasteiger partial charge in [-0.2, -0.15) is 0 Å². The van der Waals surface area contributed by atoms with Crippen LogP contribution in [0.4, 0.5) is 0 Å². The molecule has 1 aromatic rings. The number of rotatable bonds is 8. The molecule has 0 aliphatic rings. The van der Waals surface area contributed by atoms with E-state index in [1.54, 1.807) is 7.11 Å². The summed E-state index contributed by atoms with van der Waals surface area (Å²) < 4.78 is 6.41. The summed E-state index contributed by atoms with van der Waals surface area (Å²) in [5.41, 5.74) is 1.28. The number of nitrogens with zero attached hydrogens (tertiary/aromatic N) is 1. The largest absolute Gasteiger partial charge is 0.497 e. The number of benzene rings is 1. The lowest BCUT2D eigenvalue weighted by Gasteiger charge is -2.18. The summed E-state index contributed by atoms with van der Waals surface area (Å²) in [6.45, 7) is 2.09. The van der Waals surface area contributed by atoms with Crippen LogP contribution >= 0.6 is 31.9 Å². The number of ether oxygens (including phenoxy) is 1. The molecule has 0 saturated heterocycles. The van der Waals surface area contributed by atoms with Gasteiger partial charge in [-0.15, -0.1) is 0 Å². The van der Waals surface area contributed by atoms with E-state index in [9.17, 15) is 0 Å². The van der Waals surface area contributed by atoms with Gasteiger partial charge in [0, 0.05) is 16.3 Å². The van der Waals surface area contributed by atoms with E-state index in [4.69, 9.17) is 4.74 Å². The Morgan fingerprint density at radius 2 is 2.00 bits per heavy atom. The lowest BCUT2D eigenvalue weighted by atomic mass is 10.2. The Balaban J connectivity index is 2.45. The molecule has 0 heterocycles. The summed E-state index contributed by atoms with van der Waals surface area (Å²) in [6.07, 6.45) is 3.80. The highest BCUT2D eigenvalue weighted by molar-refractivity contribution is 9.10. The summed E-state index contributed by atoms with van der Waals surface area (Å²) in [5.74, 6) is 0.917. The average Bonchev–Trinajstić information content (AvgIpc) is 2.37. The van der Waals surface area contributed by atoms with Crippen LogP contribution < -0.4 is 4.74 Å². The number of hydrogen-bond acceptors (Lipinski definition) is 2. The molecule has 0 N–H and O–H groups in total. The number of halogens is 2. The van der Waals surface area contributed by atoms with Crippen molar-refractivity contribution in [3.63, 3.8) is 0 Å². The van der Waals surface area contributed by atoms with Crippen LogP contribution in [0.2, 0.25) is 0 Å². The Hall–Kier alpha value is -0.0600. The van der Waals surface area contributed by atoms with Gasteiger partial charge in [0.25, 0.3) is 0 Å². The molecule has 0 aromatic heterocycles. The molecule has 0 fully saturated rings. The molecule has 0 aliphatic carbocycles. The van der Waals surface area contributed by atoms with E-state index >= 15 is 0 Å². The lowest BCUT2D eigenvalue weighted by Crippen LogP contribution is -2.19. The van der Waals surface area contributed by atoms with Crippen LogP contribution in [0, 0.1) is 0 Å². The van der Waals surface area contributed by atoms with E-state index in [1.807, 2.05) is 12.1 Å². The maximum absolute atomic E-state index is 5.26. The van der Waals surface area contributed by atoms with Crippen molar-refractivity contribution in [3.8, 4) is 5.75 Å². The number of methoxy groups -OCH3 is 1. The van der Waals surface area contributed by atoms with Gasteiger partial charge in [0.1, 0.15) is 5.75 Å². The molecule has 0 amide bonds. The van der Waals surface area contributed by atoms with Gasteiger partial charge in [-0.1, -0.05) is 38.3 Å². The number of hydrogen-bond donors (Lipinski definition) is 0. The van der Waals surface area contributed by atoms with Crippen LogP contribution in [-0.4, -0.2) is 30.9 Å². The molecular formula is C14H21Br2NO. The molecule has 18 heavy (non-hydrogen) atoms. The first-order chi connectivity index (χ1) is 8.67. The van der Waals surface area contributed by atoms with Crippen LogP contribution in [0.25, 0.3) is 0 Å². The zero-order valence-electron chi connectivity index (χ0n) is 11.1. The second-order valence-corrected chi connectivity index (χ2v) is 6.09. The van der Waals surface area contributed by atoms with E-state index < -0.39 is 0 Å². The first-order valence-electron chi connectivity index (χ1n) is 6.24. The van der Waals surface area contributed by atoms with Gasteiger partial charge in [-0.3, -0.25) is 0 Å². The van der Waals surface area contributed by atoms with Gasteiger partial charge in [0.15, 0.2) is 0 Å².